The molecule has 1 fully saturated rings. The summed E-state index contributed by atoms with van der Waals surface area (Å²) in [6, 6.07) is 0.464. The van der Waals surface area contributed by atoms with Crippen LogP contribution in [0.3, 0.4) is 0 Å². The van der Waals surface area contributed by atoms with Gasteiger partial charge in [-0.15, -0.1) is 0 Å². The van der Waals surface area contributed by atoms with Crippen molar-refractivity contribution in [3.63, 3.8) is 0 Å². The third kappa shape index (κ3) is 5.07. The van der Waals surface area contributed by atoms with Crippen LogP contribution in [0.4, 0.5) is 0 Å². The molecule has 1 aliphatic carbocycles. The highest BCUT2D eigenvalue weighted by Gasteiger charge is 2.24. The fourth-order valence-electron chi connectivity index (χ4n) is 2.79. The Morgan fingerprint density at radius 3 is 2.35 bits per heavy atom. The summed E-state index contributed by atoms with van der Waals surface area (Å²) < 4.78 is 0. The van der Waals surface area contributed by atoms with Crippen molar-refractivity contribution in [2.75, 3.05) is 6.54 Å². The van der Waals surface area contributed by atoms with E-state index in [-0.39, 0.29) is 5.92 Å². The van der Waals surface area contributed by atoms with E-state index in [2.05, 4.69) is 26.1 Å². The number of carbonyl (C=O) groups is 1. The van der Waals surface area contributed by atoms with Crippen molar-refractivity contribution < 1.29 is 9.90 Å². The van der Waals surface area contributed by atoms with Crippen LogP contribution in [0, 0.1) is 17.8 Å². The van der Waals surface area contributed by atoms with Crippen LogP contribution < -0.4 is 5.32 Å². The van der Waals surface area contributed by atoms with Crippen LogP contribution in [-0.4, -0.2) is 23.7 Å². The predicted molar refractivity (Wildman–Crippen MR) is 70.0 cm³/mol. The van der Waals surface area contributed by atoms with E-state index < -0.39 is 5.97 Å². The minimum Gasteiger partial charge on any atom is -0.481 e. The summed E-state index contributed by atoms with van der Waals surface area (Å²) >= 11 is 0. The van der Waals surface area contributed by atoms with E-state index in [0.717, 1.165) is 12.3 Å². The number of hydrogen-bond donors (Lipinski definition) is 2. The highest BCUT2D eigenvalue weighted by Crippen LogP contribution is 2.27. The summed E-state index contributed by atoms with van der Waals surface area (Å²) in [5.74, 6) is 0.298. The number of carboxylic acid groups (broad SMARTS) is 1. The van der Waals surface area contributed by atoms with E-state index >= 15 is 0 Å². The molecule has 0 saturated heterocycles. The molecule has 1 rings (SSSR count). The van der Waals surface area contributed by atoms with E-state index in [9.17, 15) is 4.79 Å². The monoisotopic (exact) mass is 241 g/mol. The maximum atomic E-state index is 11.1. The Morgan fingerprint density at radius 2 is 1.88 bits per heavy atom. The largest absolute Gasteiger partial charge is 0.481 e. The van der Waals surface area contributed by atoms with Crippen molar-refractivity contribution >= 4 is 5.97 Å². The molecule has 100 valence electrons. The average molecular weight is 241 g/mol. The van der Waals surface area contributed by atoms with Gasteiger partial charge < -0.3 is 10.4 Å². The molecule has 0 aromatic carbocycles. The lowest BCUT2D eigenvalue weighted by Crippen LogP contribution is -2.38. The quantitative estimate of drug-likeness (QED) is 0.720. The zero-order chi connectivity index (χ0) is 12.8. The first kappa shape index (κ1) is 14.5. The molecule has 0 aromatic rings. The van der Waals surface area contributed by atoms with Crippen molar-refractivity contribution in [3.8, 4) is 0 Å². The van der Waals surface area contributed by atoms with E-state index in [4.69, 9.17) is 5.11 Å². The van der Waals surface area contributed by atoms with Gasteiger partial charge in [0, 0.05) is 12.6 Å². The van der Waals surface area contributed by atoms with E-state index in [0.29, 0.717) is 18.5 Å². The highest BCUT2D eigenvalue weighted by molar-refractivity contribution is 5.70. The van der Waals surface area contributed by atoms with Crippen LogP contribution in [0.2, 0.25) is 0 Å². The Kier molecular flexibility index (Phi) is 5.96. The standard InChI is InChI=1S/C14H27NO2/c1-10(2)8-13(14(16)17)9-15-11(3)12-6-4-5-7-12/h10-13,15H,4-9H2,1-3H3,(H,16,17). The smallest absolute Gasteiger partial charge is 0.307 e. The maximum Gasteiger partial charge on any atom is 0.307 e. The van der Waals surface area contributed by atoms with Crippen molar-refractivity contribution in [1.29, 1.82) is 0 Å². The Bertz CT molecular complexity index is 234. The average Bonchev–Trinajstić information content (AvgIpc) is 2.76. The van der Waals surface area contributed by atoms with Crippen molar-refractivity contribution in [3.05, 3.63) is 0 Å². The van der Waals surface area contributed by atoms with Gasteiger partial charge in [0.05, 0.1) is 5.92 Å². The summed E-state index contributed by atoms with van der Waals surface area (Å²) in [5, 5.41) is 12.6. The van der Waals surface area contributed by atoms with E-state index in [1.165, 1.54) is 25.7 Å². The van der Waals surface area contributed by atoms with Gasteiger partial charge in [-0.25, -0.2) is 0 Å². The SMILES string of the molecule is CC(C)CC(CNC(C)C1CCCC1)C(=O)O. The number of nitrogens with one attached hydrogen (secondary N) is 1. The second-order valence-electron chi connectivity index (χ2n) is 5.91. The first-order valence-corrected chi connectivity index (χ1v) is 6.97. The first-order valence-electron chi connectivity index (χ1n) is 6.97. The second kappa shape index (κ2) is 7.00. The second-order valence-corrected chi connectivity index (χ2v) is 5.91. The predicted octanol–water partition coefficient (Wildman–Crippen LogP) is 2.90. The van der Waals surface area contributed by atoms with Crippen LogP contribution in [0.15, 0.2) is 0 Å². The molecule has 0 amide bonds. The third-order valence-corrected chi connectivity index (χ3v) is 3.90. The highest BCUT2D eigenvalue weighted by atomic mass is 16.4. The van der Waals surface area contributed by atoms with Gasteiger partial charge in [-0.05, 0) is 38.0 Å². The molecule has 17 heavy (non-hydrogen) atoms. The van der Waals surface area contributed by atoms with Gasteiger partial charge in [0.1, 0.15) is 0 Å². The maximum absolute atomic E-state index is 11.1. The molecular weight excluding hydrogens is 214 g/mol. The van der Waals surface area contributed by atoms with Crippen LogP contribution in [0.25, 0.3) is 0 Å². The molecular formula is C14H27NO2. The number of aliphatic carboxylic acids is 1. The zero-order valence-corrected chi connectivity index (χ0v) is 11.4. The molecule has 0 spiro atoms. The van der Waals surface area contributed by atoms with Crippen LogP contribution in [0.5, 0.6) is 0 Å². The molecule has 2 atom stereocenters. The molecule has 3 heteroatoms. The summed E-state index contributed by atoms with van der Waals surface area (Å²) in [6.07, 6.45) is 6.04. The van der Waals surface area contributed by atoms with Crippen molar-refractivity contribution in [1.82, 2.24) is 5.32 Å². The van der Waals surface area contributed by atoms with Gasteiger partial charge in [-0.2, -0.15) is 0 Å². The summed E-state index contributed by atoms with van der Waals surface area (Å²) in [6.45, 7) is 6.97. The van der Waals surface area contributed by atoms with E-state index in [1.54, 1.807) is 0 Å². The lowest BCUT2D eigenvalue weighted by Gasteiger charge is -2.23. The summed E-state index contributed by atoms with van der Waals surface area (Å²) in [5.41, 5.74) is 0. The number of rotatable bonds is 7. The van der Waals surface area contributed by atoms with Gasteiger partial charge in [0.2, 0.25) is 0 Å². The molecule has 1 aliphatic rings. The molecule has 3 nitrogen and oxygen atoms in total. The normalized spacial score (nSPS) is 20.7. The van der Waals surface area contributed by atoms with E-state index in [1.807, 2.05) is 0 Å². The Labute approximate surface area is 105 Å². The van der Waals surface area contributed by atoms with Crippen molar-refractivity contribution in [2.24, 2.45) is 17.8 Å². The summed E-state index contributed by atoms with van der Waals surface area (Å²) in [4.78, 5) is 11.1. The number of carboxylic acids is 1. The lowest BCUT2D eigenvalue weighted by atomic mass is 9.95. The molecule has 0 radical (unpaired) electrons. The van der Waals surface area contributed by atoms with Gasteiger partial charge in [-0.3, -0.25) is 4.79 Å². The number of hydrogen-bond acceptors (Lipinski definition) is 2. The van der Waals surface area contributed by atoms with Crippen molar-refractivity contribution in [2.45, 2.75) is 58.9 Å². The molecule has 2 unspecified atom stereocenters. The Hall–Kier alpha value is -0.570. The first-order chi connectivity index (χ1) is 8.00. The van der Waals surface area contributed by atoms with Gasteiger partial charge in [0.25, 0.3) is 0 Å². The fraction of sp³-hybridized carbons (Fsp3) is 0.929. The van der Waals surface area contributed by atoms with Crippen LogP contribution >= 0.6 is 0 Å². The molecule has 0 aliphatic heterocycles. The summed E-state index contributed by atoms with van der Waals surface area (Å²) in [7, 11) is 0. The topological polar surface area (TPSA) is 49.3 Å². The minimum absolute atomic E-state index is 0.237. The molecule has 2 N–H and O–H groups in total. The van der Waals surface area contributed by atoms with Gasteiger partial charge in [0.15, 0.2) is 0 Å². The van der Waals surface area contributed by atoms with Crippen LogP contribution in [-0.2, 0) is 4.79 Å². The van der Waals surface area contributed by atoms with Gasteiger partial charge in [-0.1, -0.05) is 26.7 Å². The lowest BCUT2D eigenvalue weighted by molar-refractivity contribution is -0.142. The third-order valence-electron chi connectivity index (χ3n) is 3.90. The molecule has 0 heterocycles. The molecule has 1 saturated carbocycles. The zero-order valence-electron chi connectivity index (χ0n) is 11.4. The Morgan fingerprint density at radius 1 is 1.29 bits per heavy atom. The van der Waals surface area contributed by atoms with Gasteiger partial charge >= 0.3 is 5.97 Å². The fourth-order valence-corrected chi connectivity index (χ4v) is 2.79. The molecule has 0 aromatic heterocycles. The van der Waals surface area contributed by atoms with Crippen LogP contribution in [0.1, 0.15) is 52.9 Å². The minimum atomic E-state index is -0.662. The molecule has 0 bridgehead atoms. The Balaban J connectivity index is 2.32.